The number of nitrogens with one attached hydrogen (secondary N) is 2. The van der Waals surface area contributed by atoms with E-state index in [0.29, 0.717) is 11.5 Å². The van der Waals surface area contributed by atoms with Gasteiger partial charge < -0.3 is 9.47 Å². The van der Waals surface area contributed by atoms with Gasteiger partial charge in [-0.3, -0.25) is 20.4 Å². The second kappa shape index (κ2) is 9.78. The molecule has 2 N–H and O–H groups in total. The Balaban J connectivity index is 1.77. The minimum Gasteiger partial charge on any atom is -0.483 e. The van der Waals surface area contributed by atoms with Gasteiger partial charge in [-0.15, -0.1) is 0 Å². The molecule has 6 nitrogen and oxygen atoms in total. The van der Waals surface area contributed by atoms with Crippen LogP contribution >= 0.6 is 15.9 Å². The molecule has 2 aromatic rings. The minimum absolute atomic E-state index is 0.0156. The molecule has 2 aromatic carbocycles. The van der Waals surface area contributed by atoms with Crippen molar-refractivity contribution in [1.82, 2.24) is 10.9 Å². The Morgan fingerprint density at radius 3 is 2.03 bits per heavy atom. The first-order chi connectivity index (χ1) is 13.6. The molecule has 29 heavy (non-hydrogen) atoms. The van der Waals surface area contributed by atoms with Crippen molar-refractivity contribution in [3.8, 4) is 11.5 Å². The molecule has 0 unspecified atom stereocenters. The Kier molecular flexibility index (Phi) is 7.67. The first-order valence-electron chi connectivity index (χ1n) is 9.27. The maximum atomic E-state index is 11.9. The van der Waals surface area contributed by atoms with Crippen molar-refractivity contribution < 1.29 is 19.1 Å². The van der Waals surface area contributed by atoms with Gasteiger partial charge in [0.05, 0.1) is 4.47 Å². The van der Waals surface area contributed by atoms with Gasteiger partial charge >= 0.3 is 0 Å². The molecule has 0 atom stereocenters. The third-order valence-electron chi connectivity index (χ3n) is 4.20. The van der Waals surface area contributed by atoms with Gasteiger partial charge in [-0.05, 0) is 70.1 Å². The molecule has 0 aromatic heterocycles. The lowest BCUT2D eigenvalue weighted by atomic mass is 9.87. The molecule has 0 bridgehead atoms. The van der Waals surface area contributed by atoms with Crippen LogP contribution in [0, 0.1) is 13.8 Å². The van der Waals surface area contributed by atoms with Gasteiger partial charge in [-0.25, -0.2) is 0 Å². The predicted octanol–water partition coefficient (Wildman–Crippen LogP) is 3.97. The van der Waals surface area contributed by atoms with Crippen molar-refractivity contribution in [3.05, 3.63) is 57.6 Å². The van der Waals surface area contributed by atoms with E-state index in [0.717, 1.165) is 21.2 Å². The molecular formula is C22H27BrN2O4. The first kappa shape index (κ1) is 22.7. The Hall–Kier alpha value is -2.54. The molecule has 0 aliphatic heterocycles. The minimum atomic E-state index is -0.475. The van der Waals surface area contributed by atoms with Crippen LogP contribution in [0.15, 0.2) is 40.9 Å². The van der Waals surface area contributed by atoms with Gasteiger partial charge in [-0.2, -0.15) is 0 Å². The summed E-state index contributed by atoms with van der Waals surface area (Å²) in [4.78, 5) is 23.8. The van der Waals surface area contributed by atoms with E-state index in [1.54, 1.807) is 0 Å². The van der Waals surface area contributed by atoms with Crippen LogP contribution in [0.4, 0.5) is 0 Å². The van der Waals surface area contributed by atoms with Crippen LogP contribution in [0.5, 0.6) is 11.5 Å². The topological polar surface area (TPSA) is 76.7 Å². The average Bonchev–Trinajstić information content (AvgIpc) is 2.65. The van der Waals surface area contributed by atoms with Gasteiger partial charge in [0, 0.05) is 0 Å². The number of hydrogen-bond donors (Lipinski definition) is 2. The van der Waals surface area contributed by atoms with Crippen LogP contribution in [0.1, 0.15) is 37.5 Å². The van der Waals surface area contributed by atoms with Crippen molar-refractivity contribution in [2.75, 3.05) is 13.2 Å². The molecule has 0 heterocycles. The van der Waals surface area contributed by atoms with E-state index in [9.17, 15) is 9.59 Å². The Bertz CT molecular complexity index is 891. The van der Waals surface area contributed by atoms with E-state index in [1.165, 1.54) is 0 Å². The Labute approximate surface area is 180 Å². The number of halogens is 1. The van der Waals surface area contributed by atoms with Crippen molar-refractivity contribution in [3.63, 3.8) is 0 Å². The Morgan fingerprint density at radius 1 is 0.897 bits per heavy atom. The molecule has 0 aliphatic carbocycles. The summed E-state index contributed by atoms with van der Waals surface area (Å²) in [5.41, 5.74) is 7.76. The normalized spacial score (nSPS) is 11.0. The highest BCUT2D eigenvalue weighted by Gasteiger charge is 2.16. The third kappa shape index (κ3) is 7.09. The summed E-state index contributed by atoms with van der Waals surface area (Å²) in [5.74, 6) is 0.253. The smallest absolute Gasteiger partial charge is 0.276 e. The number of aryl methyl sites for hydroxylation is 2. The standard InChI is InChI=1S/C22H27BrN2O4/c1-14-6-7-15(2)19(10-14)29-13-21(27)25-24-20(26)12-28-18-9-8-16(11-17(18)23)22(3,4)5/h6-11H,12-13H2,1-5H3,(H,24,26)(H,25,27). The molecule has 0 radical (unpaired) electrons. The predicted molar refractivity (Wildman–Crippen MR) is 116 cm³/mol. The fraction of sp³-hybridized carbons (Fsp3) is 0.364. The summed E-state index contributed by atoms with van der Waals surface area (Å²) < 4.78 is 11.8. The third-order valence-corrected chi connectivity index (χ3v) is 4.82. The monoisotopic (exact) mass is 462 g/mol. The van der Waals surface area contributed by atoms with Crippen LogP contribution < -0.4 is 20.3 Å². The number of amides is 2. The number of rotatable bonds is 6. The lowest BCUT2D eigenvalue weighted by molar-refractivity contribution is -0.131. The average molecular weight is 463 g/mol. The van der Waals surface area contributed by atoms with Gasteiger partial charge in [0.25, 0.3) is 11.8 Å². The zero-order chi connectivity index (χ0) is 21.6. The van der Waals surface area contributed by atoms with Crippen molar-refractivity contribution >= 4 is 27.7 Å². The molecule has 2 rings (SSSR count). The highest BCUT2D eigenvalue weighted by atomic mass is 79.9. The van der Waals surface area contributed by atoms with Gasteiger partial charge in [0.2, 0.25) is 0 Å². The van der Waals surface area contributed by atoms with Crippen molar-refractivity contribution in [1.29, 1.82) is 0 Å². The molecule has 7 heteroatoms. The maximum absolute atomic E-state index is 11.9. The lowest BCUT2D eigenvalue weighted by Crippen LogP contribution is -2.45. The van der Waals surface area contributed by atoms with Crippen molar-refractivity contribution in [2.24, 2.45) is 0 Å². The van der Waals surface area contributed by atoms with Crippen molar-refractivity contribution in [2.45, 2.75) is 40.0 Å². The number of benzene rings is 2. The highest BCUT2D eigenvalue weighted by molar-refractivity contribution is 9.10. The van der Waals surface area contributed by atoms with Crippen LogP contribution in [-0.2, 0) is 15.0 Å². The van der Waals surface area contributed by atoms with Crippen LogP contribution in [0.25, 0.3) is 0 Å². The zero-order valence-corrected chi connectivity index (χ0v) is 19.0. The van der Waals surface area contributed by atoms with Crippen LogP contribution in [0.3, 0.4) is 0 Å². The fourth-order valence-electron chi connectivity index (χ4n) is 2.45. The second-order valence-electron chi connectivity index (χ2n) is 7.84. The highest BCUT2D eigenvalue weighted by Crippen LogP contribution is 2.31. The zero-order valence-electron chi connectivity index (χ0n) is 17.4. The summed E-state index contributed by atoms with van der Waals surface area (Å²) in [6.07, 6.45) is 0. The summed E-state index contributed by atoms with van der Waals surface area (Å²) in [7, 11) is 0. The van der Waals surface area contributed by atoms with E-state index in [-0.39, 0.29) is 18.6 Å². The molecule has 156 valence electrons. The van der Waals surface area contributed by atoms with E-state index in [4.69, 9.17) is 9.47 Å². The number of hydrazine groups is 1. The van der Waals surface area contributed by atoms with Gasteiger partial charge in [0.1, 0.15) is 11.5 Å². The van der Waals surface area contributed by atoms with E-state index >= 15 is 0 Å². The van der Waals surface area contributed by atoms with E-state index in [1.807, 2.05) is 50.2 Å². The lowest BCUT2D eigenvalue weighted by Gasteiger charge is -2.20. The quantitative estimate of drug-likeness (QED) is 0.636. The van der Waals surface area contributed by atoms with E-state index in [2.05, 4.69) is 47.6 Å². The van der Waals surface area contributed by atoms with Gasteiger partial charge in [-0.1, -0.05) is 39.0 Å². The van der Waals surface area contributed by atoms with Crippen LogP contribution in [-0.4, -0.2) is 25.0 Å². The number of carbonyl (C=O) groups excluding carboxylic acids is 2. The molecule has 0 spiro atoms. The summed E-state index contributed by atoms with van der Waals surface area (Å²) >= 11 is 3.46. The number of hydrogen-bond acceptors (Lipinski definition) is 4. The first-order valence-corrected chi connectivity index (χ1v) is 10.1. The van der Waals surface area contributed by atoms with Gasteiger partial charge in [0.15, 0.2) is 13.2 Å². The molecule has 0 aliphatic rings. The van der Waals surface area contributed by atoms with E-state index < -0.39 is 11.8 Å². The molecular weight excluding hydrogens is 436 g/mol. The Morgan fingerprint density at radius 2 is 1.48 bits per heavy atom. The maximum Gasteiger partial charge on any atom is 0.276 e. The summed E-state index contributed by atoms with van der Waals surface area (Å²) in [6, 6.07) is 11.5. The molecule has 0 fully saturated rings. The number of carbonyl (C=O) groups is 2. The molecule has 0 saturated carbocycles. The molecule has 2 amide bonds. The second-order valence-corrected chi connectivity index (χ2v) is 8.69. The largest absolute Gasteiger partial charge is 0.483 e. The fourth-order valence-corrected chi connectivity index (χ4v) is 2.94. The number of ether oxygens (including phenoxy) is 2. The SMILES string of the molecule is Cc1ccc(C)c(OCC(=O)NNC(=O)COc2ccc(C(C)(C)C)cc2Br)c1. The van der Waals surface area contributed by atoms with Crippen LogP contribution in [0.2, 0.25) is 0 Å². The summed E-state index contributed by atoms with van der Waals surface area (Å²) in [6.45, 7) is 9.77. The molecule has 0 saturated heterocycles. The summed E-state index contributed by atoms with van der Waals surface area (Å²) in [5, 5.41) is 0.